The predicted octanol–water partition coefficient (Wildman–Crippen LogP) is 3.72. The minimum atomic E-state index is 0.0804. The molecule has 27 heavy (non-hydrogen) atoms. The molecule has 2 aromatic carbocycles. The van der Waals surface area contributed by atoms with Gasteiger partial charge in [0.15, 0.2) is 0 Å². The van der Waals surface area contributed by atoms with Crippen LogP contribution in [0.25, 0.3) is 0 Å². The van der Waals surface area contributed by atoms with E-state index in [0.717, 1.165) is 49.7 Å². The van der Waals surface area contributed by atoms with Crippen LogP contribution < -0.4 is 14.4 Å². The van der Waals surface area contributed by atoms with E-state index >= 15 is 0 Å². The maximum absolute atomic E-state index is 12.3. The van der Waals surface area contributed by atoms with Crippen LogP contribution in [-0.2, 0) is 11.3 Å². The Labute approximate surface area is 161 Å². The lowest BCUT2D eigenvalue weighted by Gasteiger charge is -2.38. The lowest BCUT2D eigenvalue weighted by Crippen LogP contribution is -2.46. The van der Waals surface area contributed by atoms with Crippen LogP contribution in [0.4, 0.5) is 5.69 Å². The molecule has 1 fully saturated rings. The van der Waals surface area contributed by atoms with Gasteiger partial charge in [-0.05, 0) is 42.7 Å². The van der Waals surface area contributed by atoms with Crippen LogP contribution in [0.1, 0.15) is 25.3 Å². The van der Waals surface area contributed by atoms with Gasteiger partial charge < -0.3 is 14.4 Å². The maximum atomic E-state index is 12.3. The molecule has 5 heteroatoms. The molecule has 0 aromatic heterocycles. The van der Waals surface area contributed by atoms with Crippen molar-refractivity contribution in [1.29, 1.82) is 0 Å². The Kier molecular flexibility index (Phi) is 6.35. The van der Waals surface area contributed by atoms with Gasteiger partial charge in [-0.25, -0.2) is 0 Å². The fourth-order valence-corrected chi connectivity index (χ4v) is 3.73. The van der Waals surface area contributed by atoms with E-state index in [1.165, 1.54) is 5.56 Å². The van der Waals surface area contributed by atoms with Gasteiger partial charge >= 0.3 is 0 Å². The third-order valence-corrected chi connectivity index (χ3v) is 5.16. The van der Waals surface area contributed by atoms with Gasteiger partial charge in [0.1, 0.15) is 11.5 Å². The number of carbonyl (C=O) groups is 1. The second-order valence-electron chi connectivity index (χ2n) is 6.95. The summed E-state index contributed by atoms with van der Waals surface area (Å²) < 4.78 is 10.5. The Morgan fingerprint density at radius 2 is 1.70 bits per heavy atom. The first-order chi connectivity index (χ1) is 13.1. The number of methoxy groups -OCH3 is 2. The molecule has 0 atom stereocenters. The lowest BCUT2D eigenvalue weighted by molar-refractivity contribution is -0.117. The van der Waals surface area contributed by atoms with Crippen LogP contribution in [0, 0.1) is 0 Å². The third-order valence-electron chi connectivity index (χ3n) is 5.16. The van der Waals surface area contributed by atoms with Gasteiger partial charge in [0, 0.05) is 44.4 Å². The molecule has 0 spiro atoms. The highest BCUT2D eigenvalue weighted by Gasteiger charge is 2.27. The summed E-state index contributed by atoms with van der Waals surface area (Å²) in [7, 11) is 3.33. The number of benzene rings is 2. The summed E-state index contributed by atoms with van der Waals surface area (Å²) in [5.74, 6) is 1.74. The minimum Gasteiger partial charge on any atom is -0.497 e. The summed E-state index contributed by atoms with van der Waals surface area (Å²) in [5.41, 5.74) is 2.20. The van der Waals surface area contributed by atoms with Crippen LogP contribution in [-0.4, -0.2) is 44.2 Å². The number of amides is 1. The number of piperidine rings is 1. The second-order valence-corrected chi connectivity index (χ2v) is 6.95. The van der Waals surface area contributed by atoms with Crippen molar-refractivity contribution in [3.05, 3.63) is 54.1 Å². The molecule has 144 valence electrons. The normalized spacial score (nSPS) is 15.4. The number of carbonyl (C=O) groups excluding carboxylic acids is 1. The number of anilines is 1. The van der Waals surface area contributed by atoms with Crippen LogP contribution in [0.15, 0.2) is 48.5 Å². The smallest absolute Gasteiger partial charge is 0.224 e. The van der Waals surface area contributed by atoms with Crippen molar-refractivity contribution in [2.75, 3.05) is 32.2 Å². The molecule has 1 heterocycles. The average molecular weight is 368 g/mol. The summed E-state index contributed by atoms with van der Waals surface area (Å²) in [6.45, 7) is 4.52. The first-order valence-corrected chi connectivity index (χ1v) is 9.40. The highest BCUT2D eigenvalue weighted by Crippen LogP contribution is 2.27. The predicted molar refractivity (Wildman–Crippen MR) is 107 cm³/mol. The van der Waals surface area contributed by atoms with Crippen molar-refractivity contribution >= 4 is 11.6 Å². The van der Waals surface area contributed by atoms with Crippen molar-refractivity contribution < 1.29 is 14.3 Å². The fourth-order valence-electron chi connectivity index (χ4n) is 3.73. The van der Waals surface area contributed by atoms with Gasteiger partial charge in [0.05, 0.1) is 14.2 Å². The van der Waals surface area contributed by atoms with Gasteiger partial charge in [-0.3, -0.25) is 9.69 Å². The van der Waals surface area contributed by atoms with E-state index in [-0.39, 0.29) is 11.9 Å². The monoisotopic (exact) mass is 368 g/mol. The molecule has 5 nitrogen and oxygen atoms in total. The topological polar surface area (TPSA) is 42.0 Å². The van der Waals surface area contributed by atoms with Crippen molar-refractivity contribution in [2.24, 2.45) is 0 Å². The molecule has 0 N–H and O–H groups in total. The molecule has 1 aliphatic heterocycles. The number of rotatable bonds is 6. The largest absolute Gasteiger partial charge is 0.497 e. The zero-order valence-corrected chi connectivity index (χ0v) is 16.4. The Morgan fingerprint density at radius 3 is 2.30 bits per heavy atom. The van der Waals surface area contributed by atoms with Gasteiger partial charge in [0.2, 0.25) is 5.91 Å². The Bertz CT molecular complexity index is 752. The SMILES string of the molecule is COc1ccc(CN2CCC(N(C(C)=O)c3cccc(OC)c3)CC2)cc1. The highest BCUT2D eigenvalue weighted by molar-refractivity contribution is 5.92. The van der Waals surface area contributed by atoms with Gasteiger partial charge in [0.25, 0.3) is 0 Å². The fraction of sp³-hybridized carbons (Fsp3) is 0.409. The molecule has 1 aliphatic rings. The molecule has 2 aromatic rings. The third kappa shape index (κ3) is 4.80. The second kappa shape index (κ2) is 8.91. The van der Waals surface area contributed by atoms with Crippen LogP contribution >= 0.6 is 0 Å². The molecule has 0 radical (unpaired) electrons. The molecule has 0 unspecified atom stereocenters. The number of likely N-dealkylation sites (tertiary alicyclic amines) is 1. The lowest BCUT2D eigenvalue weighted by atomic mass is 10.0. The Morgan fingerprint density at radius 1 is 1.04 bits per heavy atom. The molecular weight excluding hydrogens is 340 g/mol. The molecule has 1 amide bonds. The standard InChI is InChI=1S/C22H28N2O3/c1-17(25)24(20-5-4-6-22(15-20)27-3)19-11-13-23(14-12-19)16-18-7-9-21(26-2)10-8-18/h4-10,15,19H,11-14,16H2,1-3H3. The van der Waals surface area contributed by atoms with E-state index < -0.39 is 0 Å². The first kappa shape index (κ1) is 19.2. The van der Waals surface area contributed by atoms with E-state index in [0.29, 0.717) is 0 Å². The van der Waals surface area contributed by atoms with Crippen LogP contribution in [0.2, 0.25) is 0 Å². The minimum absolute atomic E-state index is 0.0804. The molecule has 1 saturated heterocycles. The van der Waals surface area contributed by atoms with Gasteiger partial charge in [-0.15, -0.1) is 0 Å². The number of hydrogen-bond acceptors (Lipinski definition) is 4. The van der Waals surface area contributed by atoms with Crippen molar-refractivity contribution in [1.82, 2.24) is 4.90 Å². The molecule has 3 rings (SSSR count). The molecule has 0 bridgehead atoms. The van der Waals surface area contributed by atoms with Crippen molar-refractivity contribution in [2.45, 2.75) is 32.4 Å². The molecule has 0 aliphatic carbocycles. The number of hydrogen-bond donors (Lipinski definition) is 0. The average Bonchev–Trinajstić information content (AvgIpc) is 2.70. The quantitative estimate of drug-likeness (QED) is 0.779. The summed E-state index contributed by atoms with van der Waals surface area (Å²) >= 11 is 0. The van der Waals surface area contributed by atoms with E-state index in [1.807, 2.05) is 41.3 Å². The summed E-state index contributed by atoms with van der Waals surface area (Å²) in [6.07, 6.45) is 1.93. The Balaban J connectivity index is 1.62. The number of nitrogens with zero attached hydrogens (tertiary/aromatic N) is 2. The molecular formula is C22H28N2O3. The first-order valence-electron chi connectivity index (χ1n) is 9.40. The van der Waals surface area contributed by atoms with Gasteiger partial charge in [-0.1, -0.05) is 18.2 Å². The van der Waals surface area contributed by atoms with E-state index in [2.05, 4.69) is 17.0 Å². The van der Waals surface area contributed by atoms with E-state index in [9.17, 15) is 4.79 Å². The van der Waals surface area contributed by atoms with Crippen LogP contribution in [0.3, 0.4) is 0 Å². The van der Waals surface area contributed by atoms with Crippen molar-refractivity contribution in [3.8, 4) is 11.5 Å². The van der Waals surface area contributed by atoms with Gasteiger partial charge in [-0.2, -0.15) is 0 Å². The zero-order valence-electron chi connectivity index (χ0n) is 16.4. The maximum Gasteiger partial charge on any atom is 0.224 e. The highest BCUT2D eigenvalue weighted by atomic mass is 16.5. The molecule has 0 saturated carbocycles. The summed E-state index contributed by atoms with van der Waals surface area (Å²) in [5, 5.41) is 0. The van der Waals surface area contributed by atoms with E-state index in [1.54, 1.807) is 21.1 Å². The van der Waals surface area contributed by atoms with Crippen LogP contribution in [0.5, 0.6) is 11.5 Å². The van der Waals surface area contributed by atoms with Crippen molar-refractivity contribution in [3.63, 3.8) is 0 Å². The zero-order chi connectivity index (χ0) is 19.2. The summed E-state index contributed by atoms with van der Waals surface area (Å²) in [6, 6.07) is 16.2. The number of ether oxygens (including phenoxy) is 2. The summed E-state index contributed by atoms with van der Waals surface area (Å²) in [4.78, 5) is 16.7. The van der Waals surface area contributed by atoms with E-state index in [4.69, 9.17) is 9.47 Å². The Hall–Kier alpha value is -2.53.